The molecule has 6 nitrogen and oxygen atoms in total. The van der Waals surface area contributed by atoms with Crippen molar-refractivity contribution in [3.05, 3.63) is 59.1 Å². The summed E-state index contributed by atoms with van der Waals surface area (Å²) in [5, 5.41) is 4.94. The van der Waals surface area contributed by atoms with Gasteiger partial charge in [-0.05, 0) is 24.3 Å². The van der Waals surface area contributed by atoms with Gasteiger partial charge in [0.2, 0.25) is 0 Å². The zero-order valence-corrected chi connectivity index (χ0v) is 13.1. The molecule has 0 aliphatic heterocycles. The van der Waals surface area contributed by atoms with Gasteiger partial charge in [-0.3, -0.25) is 4.52 Å². The van der Waals surface area contributed by atoms with Crippen molar-refractivity contribution in [2.24, 2.45) is 0 Å². The quantitative estimate of drug-likeness (QED) is 0.580. The molecule has 0 N–H and O–H groups in total. The van der Waals surface area contributed by atoms with Crippen LogP contribution in [0.25, 0.3) is 27.7 Å². The van der Waals surface area contributed by atoms with Crippen LogP contribution in [-0.4, -0.2) is 23.8 Å². The Bertz CT molecular complexity index is 1110. The topological polar surface area (TPSA) is 66.0 Å². The van der Waals surface area contributed by atoms with Gasteiger partial charge in [0, 0.05) is 17.0 Å². The summed E-state index contributed by atoms with van der Waals surface area (Å²) >= 11 is 0. The summed E-state index contributed by atoms with van der Waals surface area (Å²) < 4.78 is 17.2. The largest absolute Gasteiger partial charge is 0.497 e. The minimum absolute atomic E-state index is 0.526. The van der Waals surface area contributed by atoms with Crippen LogP contribution >= 0.6 is 0 Å². The van der Waals surface area contributed by atoms with Crippen molar-refractivity contribution in [2.45, 2.75) is 0 Å². The van der Waals surface area contributed by atoms with Gasteiger partial charge in [-0.2, -0.15) is 0 Å². The first-order chi connectivity index (χ1) is 11.7. The van der Waals surface area contributed by atoms with E-state index in [1.165, 1.54) is 4.40 Å². The number of rotatable bonds is 3. The third-order valence-electron chi connectivity index (χ3n) is 4.01. The Morgan fingerprint density at radius 3 is 2.62 bits per heavy atom. The number of aromatic nitrogens is 2. The van der Waals surface area contributed by atoms with Crippen LogP contribution in [0.15, 0.2) is 57.8 Å². The molecule has 2 aromatic carbocycles. The lowest BCUT2D eigenvalue weighted by Crippen LogP contribution is -2.12. The van der Waals surface area contributed by atoms with E-state index in [2.05, 4.69) is 5.16 Å². The molecule has 0 unspecified atom stereocenters. The summed E-state index contributed by atoms with van der Waals surface area (Å²) in [6, 6.07) is 14.9. The summed E-state index contributed by atoms with van der Waals surface area (Å²) in [4.78, 5) is 12.2. The minimum Gasteiger partial charge on any atom is -0.497 e. The maximum absolute atomic E-state index is 12.2. The molecule has 0 spiro atoms. The molecule has 0 radical (unpaired) electrons. The molecule has 0 aliphatic carbocycles. The molecule has 0 saturated carbocycles. The number of hydrogen-bond donors (Lipinski definition) is 0. The van der Waals surface area contributed by atoms with Crippen molar-refractivity contribution in [3.63, 3.8) is 0 Å². The summed E-state index contributed by atoms with van der Waals surface area (Å²) in [5.41, 5.74) is 2.69. The fraction of sp³-hybridized carbons (Fsp3) is 0.111. The second-order valence-electron chi connectivity index (χ2n) is 5.29. The van der Waals surface area contributed by atoms with Crippen LogP contribution < -0.4 is 15.2 Å². The summed E-state index contributed by atoms with van der Waals surface area (Å²) in [6.45, 7) is 0. The Hall–Kier alpha value is -3.28. The van der Waals surface area contributed by atoms with Gasteiger partial charge in [0.25, 0.3) is 0 Å². The molecule has 0 atom stereocenters. The first-order valence-electron chi connectivity index (χ1n) is 7.35. The van der Waals surface area contributed by atoms with Gasteiger partial charge in [0.05, 0.1) is 25.3 Å². The molecule has 0 aliphatic rings. The van der Waals surface area contributed by atoms with Crippen LogP contribution in [-0.2, 0) is 0 Å². The van der Waals surface area contributed by atoms with Crippen LogP contribution in [0.5, 0.6) is 11.5 Å². The number of nitrogens with zero attached hydrogens (tertiary/aromatic N) is 2. The Morgan fingerprint density at radius 2 is 1.83 bits per heavy atom. The summed E-state index contributed by atoms with van der Waals surface area (Å²) in [5.74, 6) is 0.731. The minimum atomic E-state index is -0.526. The Kier molecular flexibility index (Phi) is 3.23. The van der Waals surface area contributed by atoms with E-state index in [1.54, 1.807) is 20.3 Å². The normalized spacial score (nSPS) is 11.1. The van der Waals surface area contributed by atoms with Gasteiger partial charge >= 0.3 is 5.76 Å². The van der Waals surface area contributed by atoms with E-state index in [4.69, 9.17) is 14.0 Å². The zero-order chi connectivity index (χ0) is 16.7. The lowest BCUT2D eigenvalue weighted by molar-refractivity contribution is 0.351. The zero-order valence-electron chi connectivity index (χ0n) is 13.1. The first kappa shape index (κ1) is 14.3. The van der Waals surface area contributed by atoms with Crippen molar-refractivity contribution < 1.29 is 14.0 Å². The number of benzene rings is 2. The predicted molar refractivity (Wildman–Crippen MR) is 89.8 cm³/mol. The van der Waals surface area contributed by atoms with E-state index < -0.39 is 5.76 Å². The molecule has 0 bridgehead atoms. The number of para-hydroxylation sites is 1. The number of fused-ring (bicyclic) bond motifs is 3. The number of hydrogen-bond acceptors (Lipinski definition) is 5. The molecule has 24 heavy (non-hydrogen) atoms. The lowest BCUT2D eigenvalue weighted by atomic mass is 10.1. The average Bonchev–Trinajstić information content (AvgIpc) is 3.02. The summed E-state index contributed by atoms with van der Waals surface area (Å²) in [7, 11) is 3.16. The Morgan fingerprint density at radius 1 is 1.00 bits per heavy atom. The molecule has 2 heterocycles. The Labute approximate surface area is 136 Å². The monoisotopic (exact) mass is 322 g/mol. The van der Waals surface area contributed by atoms with E-state index in [-0.39, 0.29) is 0 Å². The van der Waals surface area contributed by atoms with E-state index in [9.17, 15) is 4.79 Å². The van der Waals surface area contributed by atoms with E-state index >= 15 is 0 Å². The molecule has 0 fully saturated rings. The highest BCUT2D eigenvalue weighted by Gasteiger charge is 2.17. The predicted octanol–water partition coefficient (Wildman–Crippen LogP) is 3.12. The van der Waals surface area contributed by atoms with Crippen LogP contribution in [0.4, 0.5) is 0 Å². The second kappa shape index (κ2) is 5.42. The standard InChI is InChI=1S/C18H14N2O4/c1-22-12-7-8-13(16(10-12)23-2)17-15-9-11-5-3-4-6-14(11)20(15)18(21)24-19-17/h3-10H,1-2H3. The van der Waals surface area contributed by atoms with E-state index in [0.29, 0.717) is 22.7 Å². The maximum Gasteiger partial charge on any atom is 0.445 e. The van der Waals surface area contributed by atoms with Crippen molar-refractivity contribution >= 4 is 16.4 Å². The van der Waals surface area contributed by atoms with Gasteiger partial charge < -0.3 is 9.47 Å². The fourth-order valence-corrected chi connectivity index (χ4v) is 2.88. The molecular weight excluding hydrogens is 308 g/mol. The van der Waals surface area contributed by atoms with Gasteiger partial charge in [0.15, 0.2) is 0 Å². The third kappa shape index (κ3) is 2.04. The van der Waals surface area contributed by atoms with E-state index in [1.807, 2.05) is 42.5 Å². The molecule has 4 aromatic rings. The smallest absolute Gasteiger partial charge is 0.445 e. The molecule has 4 rings (SSSR count). The second-order valence-corrected chi connectivity index (χ2v) is 5.29. The van der Waals surface area contributed by atoms with Crippen molar-refractivity contribution in [1.29, 1.82) is 0 Å². The van der Waals surface area contributed by atoms with E-state index in [0.717, 1.165) is 16.5 Å². The molecule has 0 amide bonds. The van der Waals surface area contributed by atoms with Crippen LogP contribution in [0.3, 0.4) is 0 Å². The van der Waals surface area contributed by atoms with Crippen molar-refractivity contribution in [1.82, 2.24) is 9.56 Å². The average molecular weight is 322 g/mol. The SMILES string of the molecule is COc1ccc(-c2noc(=O)n3c2cc2ccccc23)c(OC)c1. The molecule has 6 heteroatoms. The lowest BCUT2D eigenvalue weighted by Gasteiger charge is -2.10. The van der Waals surface area contributed by atoms with Crippen molar-refractivity contribution in [3.8, 4) is 22.8 Å². The molecule has 0 saturated heterocycles. The van der Waals surface area contributed by atoms with Crippen LogP contribution in [0.2, 0.25) is 0 Å². The third-order valence-corrected chi connectivity index (χ3v) is 4.01. The van der Waals surface area contributed by atoms with Gasteiger partial charge in [-0.25, -0.2) is 9.20 Å². The molecule has 120 valence electrons. The van der Waals surface area contributed by atoms with Crippen LogP contribution in [0.1, 0.15) is 0 Å². The van der Waals surface area contributed by atoms with Gasteiger partial charge in [0.1, 0.15) is 17.2 Å². The number of methoxy groups -OCH3 is 2. The highest BCUT2D eigenvalue weighted by molar-refractivity contribution is 5.93. The Balaban J connectivity index is 2.08. The number of ether oxygens (including phenoxy) is 2. The first-order valence-corrected chi connectivity index (χ1v) is 7.35. The fourth-order valence-electron chi connectivity index (χ4n) is 2.88. The highest BCUT2D eigenvalue weighted by Crippen LogP contribution is 2.35. The van der Waals surface area contributed by atoms with Gasteiger partial charge in [-0.1, -0.05) is 23.4 Å². The maximum atomic E-state index is 12.2. The highest BCUT2D eigenvalue weighted by atomic mass is 16.5. The molecule has 2 aromatic heterocycles. The van der Waals surface area contributed by atoms with Gasteiger partial charge in [-0.15, -0.1) is 0 Å². The summed E-state index contributed by atoms with van der Waals surface area (Å²) in [6.07, 6.45) is 0. The molecular formula is C18H14N2O4. The van der Waals surface area contributed by atoms with Crippen LogP contribution in [0, 0.1) is 0 Å². The van der Waals surface area contributed by atoms with Crippen molar-refractivity contribution in [2.75, 3.05) is 14.2 Å².